The lowest BCUT2D eigenvalue weighted by Crippen LogP contribution is -2.19. The summed E-state index contributed by atoms with van der Waals surface area (Å²) in [7, 11) is 0. The Morgan fingerprint density at radius 3 is 2.89 bits per heavy atom. The van der Waals surface area contributed by atoms with Gasteiger partial charge < -0.3 is 15.7 Å². The quantitative estimate of drug-likeness (QED) is 0.789. The van der Waals surface area contributed by atoms with Crippen LogP contribution >= 0.6 is 11.6 Å². The van der Waals surface area contributed by atoms with Gasteiger partial charge in [-0.15, -0.1) is 0 Å². The van der Waals surface area contributed by atoms with E-state index in [1.807, 2.05) is 0 Å². The molecule has 1 aliphatic rings. The molecule has 1 aliphatic heterocycles. The van der Waals surface area contributed by atoms with Gasteiger partial charge in [0.05, 0.1) is 10.7 Å². The van der Waals surface area contributed by atoms with Crippen LogP contribution in [0, 0.1) is 5.92 Å². The minimum atomic E-state index is -1.15. The highest BCUT2D eigenvalue weighted by atomic mass is 35.5. The van der Waals surface area contributed by atoms with Crippen molar-refractivity contribution < 1.29 is 14.7 Å². The van der Waals surface area contributed by atoms with Crippen molar-refractivity contribution >= 4 is 29.2 Å². The van der Waals surface area contributed by atoms with Crippen molar-refractivity contribution in [2.75, 3.05) is 18.4 Å². The maximum Gasteiger partial charge on any atom is 0.339 e. The highest BCUT2D eigenvalue weighted by Crippen LogP contribution is 2.25. The Labute approximate surface area is 116 Å². The Balaban J connectivity index is 2.07. The fourth-order valence-electron chi connectivity index (χ4n) is 2.20. The molecule has 1 unspecified atom stereocenters. The molecule has 1 fully saturated rings. The van der Waals surface area contributed by atoms with Gasteiger partial charge in [0.2, 0.25) is 5.91 Å². The molecule has 0 saturated carbocycles. The van der Waals surface area contributed by atoms with Gasteiger partial charge in [-0.2, -0.15) is 0 Å². The third-order valence-corrected chi connectivity index (χ3v) is 3.45. The summed E-state index contributed by atoms with van der Waals surface area (Å²) >= 11 is 5.84. The van der Waals surface area contributed by atoms with Gasteiger partial charge in [-0.1, -0.05) is 17.7 Å². The van der Waals surface area contributed by atoms with Crippen LogP contribution in [-0.2, 0) is 4.79 Å². The number of hydrogen-bond acceptors (Lipinski definition) is 3. The van der Waals surface area contributed by atoms with Gasteiger partial charge in [-0.3, -0.25) is 4.79 Å². The van der Waals surface area contributed by atoms with Crippen LogP contribution in [0.4, 0.5) is 5.69 Å². The van der Waals surface area contributed by atoms with Gasteiger partial charge in [-0.25, -0.2) is 4.79 Å². The van der Waals surface area contributed by atoms with Gasteiger partial charge in [0.1, 0.15) is 5.56 Å². The number of benzene rings is 1. The molecule has 1 aromatic carbocycles. The van der Waals surface area contributed by atoms with Crippen molar-refractivity contribution in [3.05, 3.63) is 28.8 Å². The summed E-state index contributed by atoms with van der Waals surface area (Å²) in [5.41, 5.74) is 0.179. The summed E-state index contributed by atoms with van der Waals surface area (Å²) in [6, 6.07) is 4.64. The first-order chi connectivity index (χ1) is 9.08. The van der Waals surface area contributed by atoms with Crippen molar-refractivity contribution in [2.24, 2.45) is 5.92 Å². The first kappa shape index (κ1) is 13.8. The number of aromatic carboxylic acids is 1. The number of carbonyl (C=O) groups excluding carboxylic acids is 1. The molecule has 0 bridgehead atoms. The highest BCUT2D eigenvalue weighted by molar-refractivity contribution is 6.34. The average Bonchev–Trinajstić information content (AvgIpc) is 2.81. The Morgan fingerprint density at radius 1 is 1.47 bits per heavy atom. The Bertz CT molecular complexity index is 499. The lowest BCUT2D eigenvalue weighted by molar-refractivity contribution is -0.116. The van der Waals surface area contributed by atoms with Crippen LogP contribution in [0.5, 0.6) is 0 Å². The molecule has 102 valence electrons. The molecule has 0 radical (unpaired) electrons. The summed E-state index contributed by atoms with van der Waals surface area (Å²) in [4.78, 5) is 23.0. The topological polar surface area (TPSA) is 78.4 Å². The fraction of sp³-hybridized carbons (Fsp3) is 0.385. The maximum absolute atomic E-state index is 11.9. The molecule has 1 amide bonds. The van der Waals surface area contributed by atoms with Crippen LogP contribution in [0.2, 0.25) is 5.02 Å². The lowest BCUT2D eigenvalue weighted by atomic mass is 10.0. The van der Waals surface area contributed by atoms with Crippen molar-refractivity contribution in [3.63, 3.8) is 0 Å². The van der Waals surface area contributed by atoms with E-state index in [4.69, 9.17) is 16.7 Å². The van der Waals surface area contributed by atoms with E-state index in [-0.39, 0.29) is 22.2 Å². The molecule has 0 spiro atoms. The molecule has 6 heteroatoms. The van der Waals surface area contributed by atoms with Crippen LogP contribution < -0.4 is 10.6 Å². The third-order valence-electron chi connectivity index (χ3n) is 3.14. The number of carboxylic acids is 1. The number of anilines is 1. The normalized spacial score (nSPS) is 18.3. The Hall–Kier alpha value is -1.59. The Kier molecular flexibility index (Phi) is 4.39. The number of hydrogen-bond donors (Lipinski definition) is 3. The van der Waals surface area contributed by atoms with E-state index in [2.05, 4.69) is 10.6 Å². The first-order valence-corrected chi connectivity index (χ1v) is 6.48. The van der Waals surface area contributed by atoms with Gasteiger partial charge in [0.15, 0.2) is 0 Å². The van der Waals surface area contributed by atoms with E-state index in [1.165, 1.54) is 6.07 Å². The number of carbonyl (C=O) groups is 2. The zero-order chi connectivity index (χ0) is 13.8. The van der Waals surface area contributed by atoms with Gasteiger partial charge >= 0.3 is 5.97 Å². The molecule has 3 N–H and O–H groups in total. The van der Waals surface area contributed by atoms with E-state index in [0.29, 0.717) is 12.3 Å². The number of carboxylic acid groups (broad SMARTS) is 1. The smallest absolute Gasteiger partial charge is 0.339 e. The van der Waals surface area contributed by atoms with Crippen LogP contribution in [0.1, 0.15) is 23.2 Å². The molecule has 1 atom stereocenters. The van der Waals surface area contributed by atoms with Crippen LogP contribution in [0.15, 0.2) is 18.2 Å². The minimum Gasteiger partial charge on any atom is -0.478 e. The summed E-state index contributed by atoms with van der Waals surface area (Å²) in [6.45, 7) is 1.75. The molecular weight excluding hydrogens is 268 g/mol. The fourth-order valence-corrected chi connectivity index (χ4v) is 2.45. The molecule has 19 heavy (non-hydrogen) atoms. The van der Waals surface area contributed by atoms with E-state index in [1.54, 1.807) is 12.1 Å². The van der Waals surface area contributed by atoms with Crippen molar-refractivity contribution in [3.8, 4) is 0 Å². The van der Waals surface area contributed by atoms with E-state index < -0.39 is 5.97 Å². The van der Waals surface area contributed by atoms with Crippen molar-refractivity contribution in [1.82, 2.24) is 5.32 Å². The number of amides is 1. The molecule has 0 aliphatic carbocycles. The van der Waals surface area contributed by atoms with Crippen molar-refractivity contribution in [1.29, 1.82) is 0 Å². The molecule has 2 rings (SSSR count). The van der Waals surface area contributed by atoms with Crippen LogP contribution in [0.25, 0.3) is 0 Å². The molecule has 1 heterocycles. The monoisotopic (exact) mass is 282 g/mol. The first-order valence-electron chi connectivity index (χ1n) is 6.10. The number of halogens is 1. The zero-order valence-electron chi connectivity index (χ0n) is 10.3. The minimum absolute atomic E-state index is 0.0675. The number of nitrogens with one attached hydrogen (secondary N) is 2. The average molecular weight is 283 g/mol. The Morgan fingerprint density at radius 2 is 2.26 bits per heavy atom. The van der Waals surface area contributed by atoms with Gasteiger partial charge in [0, 0.05) is 6.42 Å². The second-order valence-electron chi connectivity index (χ2n) is 4.58. The summed E-state index contributed by atoms with van der Waals surface area (Å²) in [5, 5.41) is 15.0. The van der Waals surface area contributed by atoms with Crippen molar-refractivity contribution in [2.45, 2.75) is 12.8 Å². The SMILES string of the molecule is O=C(CC1CCNC1)Nc1cccc(Cl)c1C(=O)O. The van der Waals surface area contributed by atoms with E-state index in [0.717, 1.165) is 19.5 Å². The van der Waals surface area contributed by atoms with E-state index >= 15 is 0 Å². The largest absolute Gasteiger partial charge is 0.478 e. The predicted octanol–water partition coefficient (Wildman–Crippen LogP) is 1.98. The zero-order valence-corrected chi connectivity index (χ0v) is 11.0. The van der Waals surface area contributed by atoms with Gasteiger partial charge in [0.25, 0.3) is 0 Å². The highest BCUT2D eigenvalue weighted by Gasteiger charge is 2.20. The maximum atomic E-state index is 11.9. The summed E-state index contributed by atoms with van der Waals surface area (Å²) < 4.78 is 0. The molecule has 1 saturated heterocycles. The van der Waals surface area contributed by atoms with E-state index in [9.17, 15) is 9.59 Å². The molecule has 5 nitrogen and oxygen atoms in total. The summed E-state index contributed by atoms with van der Waals surface area (Å²) in [6.07, 6.45) is 1.35. The second-order valence-corrected chi connectivity index (χ2v) is 4.99. The van der Waals surface area contributed by atoms with Crippen LogP contribution in [0.3, 0.4) is 0 Å². The summed E-state index contributed by atoms with van der Waals surface area (Å²) in [5.74, 6) is -1.02. The second kappa shape index (κ2) is 6.04. The third kappa shape index (κ3) is 3.45. The van der Waals surface area contributed by atoms with Crippen LogP contribution in [-0.4, -0.2) is 30.1 Å². The molecule has 0 aromatic heterocycles. The number of rotatable bonds is 4. The molecule has 1 aromatic rings. The molecular formula is C13H15ClN2O3. The predicted molar refractivity (Wildman–Crippen MR) is 72.6 cm³/mol. The lowest BCUT2D eigenvalue weighted by Gasteiger charge is -2.11. The van der Waals surface area contributed by atoms with Gasteiger partial charge in [-0.05, 0) is 37.6 Å². The standard InChI is InChI=1S/C13H15ClN2O3/c14-9-2-1-3-10(12(9)13(18)19)16-11(17)6-8-4-5-15-7-8/h1-3,8,15H,4-7H2,(H,16,17)(H,18,19).